The van der Waals surface area contributed by atoms with E-state index in [0.717, 1.165) is 16.9 Å². The lowest BCUT2D eigenvalue weighted by Gasteiger charge is -2.26. The first-order chi connectivity index (χ1) is 12.0. The molecule has 2 aromatic rings. The van der Waals surface area contributed by atoms with Gasteiger partial charge < -0.3 is 20.7 Å². The van der Waals surface area contributed by atoms with Crippen molar-refractivity contribution in [3.8, 4) is 5.75 Å². The number of hydrogen-bond acceptors (Lipinski definition) is 4. The summed E-state index contributed by atoms with van der Waals surface area (Å²) in [6, 6.07) is 17.2. The van der Waals surface area contributed by atoms with Gasteiger partial charge in [-0.2, -0.15) is 0 Å². The van der Waals surface area contributed by atoms with E-state index in [9.17, 15) is 4.79 Å². The van der Waals surface area contributed by atoms with Crippen LogP contribution in [0.2, 0.25) is 0 Å². The SMILES string of the molecule is COc1cccc(C(CNC(=O)C(N)Cc2ccccc2)N(C)C)c1. The number of methoxy groups -OCH3 is 1. The van der Waals surface area contributed by atoms with Crippen LogP contribution in [0.15, 0.2) is 54.6 Å². The molecule has 0 heterocycles. The molecule has 2 unspecified atom stereocenters. The molecule has 0 saturated heterocycles. The molecule has 0 radical (unpaired) electrons. The molecule has 0 aromatic heterocycles. The average molecular weight is 341 g/mol. The van der Waals surface area contributed by atoms with Crippen LogP contribution < -0.4 is 15.8 Å². The second-order valence-corrected chi connectivity index (χ2v) is 6.30. The van der Waals surface area contributed by atoms with E-state index in [2.05, 4.69) is 10.2 Å². The van der Waals surface area contributed by atoms with Gasteiger partial charge in [-0.3, -0.25) is 4.79 Å². The minimum atomic E-state index is -0.560. The highest BCUT2D eigenvalue weighted by molar-refractivity contribution is 5.81. The minimum Gasteiger partial charge on any atom is -0.497 e. The third-order valence-electron chi connectivity index (χ3n) is 4.21. The van der Waals surface area contributed by atoms with E-state index in [-0.39, 0.29) is 11.9 Å². The Morgan fingerprint density at radius 2 is 1.88 bits per heavy atom. The molecule has 0 spiro atoms. The number of nitrogens with zero attached hydrogens (tertiary/aromatic N) is 1. The van der Waals surface area contributed by atoms with Gasteiger partial charge >= 0.3 is 0 Å². The highest BCUT2D eigenvalue weighted by atomic mass is 16.5. The molecule has 2 rings (SSSR count). The van der Waals surface area contributed by atoms with Crippen molar-refractivity contribution in [2.24, 2.45) is 5.73 Å². The van der Waals surface area contributed by atoms with Crippen molar-refractivity contribution in [1.82, 2.24) is 10.2 Å². The summed E-state index contributed by atoms with van der Waals surface area (Å²) in [5.74, 6) is 0.662. The number of carbonyl (C=O) groups is 1. The molecule has 0 fully saturated rings. The molecule has 0 aliphatic rings. The standard InChI is InChI=1S/C20H27N3O2/c1-23(2)19(16-10-7-11-17(13-16)25-3)14-22-20(24)18(21)12-15-8-5-4-6-9-15/h4-11,13,18-19H,12,14,21H2,1-3H3,(H,22,24). The Morgan fingerprint density at radius 3 is 2.52 bits per heavy atom. The number of rotatable bonds is 8. The first kappa shape index (κ1) is 19.0. The Morgan fingerprint density at radius 1 is 1.16 bits per heavy atom. The third kappa shape index (κ3) is 5.59. The molecule has 2 aromatic carbocycles. The van der Waals surface area contributed by atoms with E-state index in [1.54, 1.807) is 7.11 Å². The van der Waals surface area contributed by atoms with Crippen LogP contribution in [0.3, 0.4) is 0 Å². The van der Waals surface area contributed by atoms with Gasteiger partial charge in [0.15, 0.2) is 0 Å². The number of nitrogens with two attached hydrogens (primary N) is 1. The summed E-state index contributed by atoms with van der Waals surface area (Å²) in [6.07, 6.45) is 0.526. The molecule has 2 atom stereocenters. The molecule has 5 nitrogen and oxygen atoms in total. The van der Waals surface area contributed by atoms with Crippen LogP contribution in [0.4, 0.5) is 0 Å². The maximum Gasteiger partial charge on any atom is 0.237 e. The van der Waals surface area contributed by atoms with E-state index in [0.29, 0.717) is 13.0 Å². The predicted octanol–water partition coefficient (Wildman–Crippen LogP) is 1.98. The first-order valence-corrected chi connectivity index (χ1v) is 8.39. The zero-order valence-corrected chi connectivity index (χ0v) is 15.1. The topological polar surface area (TPSA) is 67.6 Å². The van der Waals surface area contributed by atoms with Crippen molar-refractivity contribution < 1.29 is 9.53 Å². The summed E-state index contributed by atoms with van der Waals surface area (Å²) in [4.78, 5) is 14.4. The maximum absolute atomic E-state index is 12.3. The Balaban J connectivity index is 1.97. The van der Waals surface area contributed by atoms with Gasteiger partial charge in [0.25, 0.3) is 0 Å². The molecular weight excluding hydrogens is 314 g/mol. The Labute approximate surface area is 149 Å². The van der Waals surface area contributed by atoms with Gasteiger partial charge in [0.05, 0.1) is 19.2 Å². The number of hydrogen-bond donors (Lipinski definition) is 2. The van der Waals surface area contributed by atoms with Gasteiger partial charge in [0.2, 0.25) is 5.91 Å². The monoisotopic (exact) mass is 341 g/mol. The highest BCUT2D eigenvalue weighted by Gasteiger charge is 2.19. The van der Waals surface area contributed by atoms with Crippen molar-refractivity contribution in [2.45, 2.75) is 18.5 Å². The van der Waals surface area contributed by atoms with E-state index in [1.807, 2.05) is 68.7 Å². The number of likely N-dealkylation sites (N-methyl/N-ethyl adjacent to an activating group) is 1. The highest BCUT2D eigenvalue weighted by Crippen LogP contribution is 2.22. The second kappa shape index (κ2) is 9.20. The van der Waals surface area contributed by atoms with Crippen molar-refractivity contribution in [2.75, 3.05) is 27.7 Å². The summed E-state index contributed by atoms with van der Waals surface area (Å²) < 4.78 is 5.29. The zero-order valence-electron chi connectivity index (χ0n) is 15.1. The Hall–Kier alpha value is -2.37. The number of nitrogens with one attached hydrogen (secondary N) is 1. The van der Waals surface area contributed by atoms with Crippen molar-refractivity contribution >= 4 is 5.91 Å². The Bertz CT molecular complexity index is 674. The number of benzene rings is 2. The van der Waals surface area contributed by atoms with Crippen LogP contribution in [0, 0.1) is 0 Å². The molecule has 0 saturated carbocycles. The molecule has 5 heteroatoms. The van der Waals surface area contributed by atoms with Gasteiger partial charge in [0, 0.05) is 6.54 Å². The van der Waals surface area contributed by atoms with Crippen LogP contribution >= 0.6 is 0 Å². The molecule has 0 aliphatic heterocycles. The predicted molar refractivity (Wildman–Crippen MR) is 101 cm³/mol. The lowest BCUT2D eigenvalue weighted by atomic mass is 10.0. The lowest BCUT2D eigenvalue weighted by Crippen LogP contribution is -2.44. The van der Waals surface area contributed by atoms with E-state index in [1.165, 1.54) is 0 Å². The van der Waals surface area contributed by atoms with Crippen LogP contribution in [0.1, 0.15) is 17.2 Å². The normalized spacial score (nSPS) is 13.3. The second-order valence-electron chi connectivity index (χ2n) is 6.30. The van der Waals surface area contributed by atoms with Crippen molar-refractivity contribution in [3.63, 3.8) is 0 Å². The average Bonchev–Trinajstić information content (AvgIpc) is 2.62. The largest absolute Gasteiger partial charge is 0.497 e. The molecule has 134 valence electrons. The molecule has 3 N–H and O–H groups in total. The molecule has 0 aliphatic carbocycles. The van der Waals surface area contributed by atoms with Crippen LogP contribution in [-0.2, 0) is 11.2 Å². The molecule has 1 amide bonds. The van der Waals surface area contributed by atoms with Crippen LogP contribution in [0.25, 0.3) is 0 Å². The fraction of sp³-hybridized carbons (Fsp3) is 0.350. The summed E-state index contributed by atoms with van der Waals surface area (Å²) in [5, 5.41) is 2.97. The Kier molecular flexibility index (Phi) is 6.98. The zero-order chi connectivity index (χ0) is 18.2. The van der Waals surface area contributed by atoms with Crippen molar-refractivity contribution in [3.05, 3.63) is 65.7 Å². The number of carbonyl (C=O) groups excluding carboxylic acids is 1. The summed E-state index contributed by atoms with van der Waals surface area (Å²) in [7, 11) is 5.62. The van der Waals surface area contributed by atoms with Gasteiger partial charge in [-0.05, 0) is 43.8 Å². The van der Waals surface area contributed by atoms with E-state index in [4.69, 9.17) is 10.5 Å². The molecule has 25 heavy (non-hydrogen) atoms. The summed E-state index contributed by atoms with van der Waals surface area (Å²) in [6.45, 7) is 0.488. The smallest absolute Gasteiger partial charge is 0.237 e. The van der Waals surface area contributed by atoms with Gasteiger partial charge in [-0.25, -0.2) is 0 Å². The van der Waals surface area contributed by atoms with Gasteiger partial charge in [-0.1, -0.05) is 42.5 Å². The molecule has 0 bridgehead atoms. The fourth-order valence-electron chi connectivity index (χ4n) is 2.74. The van der Waals surface area contributed by atoms with Gasteiger partial charge in [-0.15, -0.1) is 0 Å². The van der Waals surface area contributed by atoms with E-state index >= 15 is 0 Å². The number of amides is 1. The van der Waals surface area contributed by atoms with Crippen molar-refractivity contribution in [1.29, 1.82) is 0 Å². The third-order valence-corrected chi connectivity index (χ3v) is 4.21. The minimum absolute atomic E-state index is 0.0444. The lowest BCUT2D eigenvalue weighted by molar-refractivity contribution is -0.122. The number of ether oxygens (including phenoxy) is 1. The summed E-state index contributed by atoms with van der Waals surface area (Å²) in [5.41, 5.74) is 8.19. The quantitative estimate of drug-likeness (QED) is 0.770. The summed E-state index contributed by atoms with van der Waals surface area (Å²) >= 11 is 0. The van der Waals surface area contributed by atoms with Gasteiger partial charge in [0.1, 0.15) is 5.75 Å². The van der Waals surface area contributed by atoms with Crippen LogP contribution in [0.5, 0.6) is 5.75 Å². The molecular formula is C20H27N3O2. The first-order valence-electron chi connectivity index (χ1n) is 8.39. The maximum atomic E-state index is 12.3. The van der Waals surface area contributed by atoms with E-state index < -0.39 is 6.04 Å². The van der Waals surface area contributed by atoms with Crippen LogP contribution in [-0.4, -0.2) is 44.6 Å². The fourth-order valence-corrected chi connectivity index (χ4v) is 2.74.